The average Bonchev–Trinajstić information content (AvgIpc) is 3.62. The zero-order valence-corrected chi connectivity index (χ0v) is 18.3. The Morgan fingerprint density at radius 3 is 2.84 bits per heavy atom. The van der Waals surface area contributed by atoms with Gasteiger partial charge >= 0.3 is 0 Å². The lowest BCUT2D eigenvalue weighted by atomic mass is 10.0. The van der Waals surface area contributed by atoms with E-state index < -0.39 is 0 Å². The number of hydrogen-bond donors (Lipinski definition) is 1. The van der Waals surface area contributed by atoms with Crippen LogP contribution in [0.4, 0.5) is 11.5 Å². The van der Waals surface area contributed by atoms with Gasteiger partial charge in [0, 0.05) is 49.8 Å². The van der Waals surface area contributed by atoms with E-state index in [9.17, 15) is 4.79 Å². The molecule has 2 aliphatic rings. The van der Waals surface area contributed by atoms with Gasteiger partial charge in [-0.1, -0.05) is 6.58 Å². The Labute approximate surface area is 183 Å². The van der Waals surface area contributed by atoms with Crippen LogP contribution >= 0.6 is 0 Å². The number of aromatic nitrogens is 3. The number of ether oxygens (including phenoxy) is 1. The van der Waals surface area contributed by atoms with E-state index in [0.717, 1.165) is 41.2 Å². The second-order valence-corrected chi connectivity index (χ2v) is 8.31. The first-order valence-corrected chi connectivity index (χ1v) is 10.8. The summed E-state index contributed by atoms with van der Waals surface area (Å²) in [5, 5.41) is 8.17. The van der Waals surface area contributed by atoms with Crippen molar-refractivity contribution in [2.24, 2.45) is 0 Å². The molecule has 8 nitrogen and oxygen atoms in total. The summed E-state index contributed by atoms with van der Waals surface area (Å²) >= 11 is 0. The predicted molar refractivity (Wildman–Crippen MR) is 122 cm³/mol. The van der Waals surface area contributed by atoms with Gasteiger partial charge in [0.2, 0.25) is 5.91 Å². The number of nitrogen functional groups attached to an aromatic ring is 1. The molecule has 3 heterocycles. The molecule has 8 heteroatoms. The van der Waals surface area contributed by atoms with Gasteiger partial charge in [0.25, 0.3) is 0 Å². The molecule has 2 aromatic heterocycles. The van der Waals surface area contributed by atoms with Crippen LogP contribution in [-0.4, -0.2) is 65.4 Å². The molecular weight excluding hydrogens is 392 g/mol. The first-order valence-electron chi connectivity index (χ1n) is 10.8. The van der Waals surface area contributed by atoms with E-state index in [1.165, 1.54) is 0 Å². The fourth-order valence-corrected chi connectivity index (χ4v) is 4.17. The quantitative estimate of drug-likeness (QED) is 0.733. The Hall–Kier alpha value is -3.00. The van der Waals surface area contributed by atoms with E-state index in [-0.39, 0.29) is 11.9 Å². The number of nitrogens with zero attached hydrogens (tertiary/aromatic N) is 5. The minimum Gasteiger partial charge on any atom is -0.396 e. The monoisotopic (exact) mass is 422 g/mol. The molecule has 0 aromatic carbocycles. The van der Waals surface area contributed by atoms with Gasteiger partial charge in [0.15, 0.2) is 5.82 Å². The summed E-state index contributed by atoms with van der Waals surface area (Å²) in [6.45, 7) is 8.38. The molecule has 4 rings (SSSR count). The summed E-state index contributed by atoms with van der Waals surface area (Å²) in [5.74, 6) is 1.39. The number of amides is 1. The molecule has 1 atom stereocenters. The number of rotatable bonds is 7. The summed E-state index contributed by atoms with van der Waals surface area (Å²) in [5.41, 5.74) is 10.9. The minimum absolute atomic E-state index is 0.0860. The number of pyridine rings is 1. The maximum atomic E-state index is 12.5. The largest absolute Gasteiger partial charge is 0.396 e. The van der Waals surface area contributed by atoms with E-state index in [2.05, 4.69) is 28.6 Å². The maximum Gasteiger partial charge on any atom is 0.225 e. The lowest BCUT2D eigenvalue weighted by Crippen LogP contribution is -2.54. The summed E-state index contributed by atoms with van der Waals surface area (Å²) < 4.78 is 5.05. The molecule has 0 radical (unpaired) electrons. The summed E-state index contributed by atoms with van der Waals surface area (Å²) in [4.78, 5) is 21.6. The second kappa shape index (κ2) is 9.01. The number of methoxy groups -OCH3 is 1. The Morgan fingerprint density at radius 1 is 1.35 bits per heavy atom. The molecule has 0 bridgehead atoms. The maximum absolute atomic E-state index is 12.5. The Balaban J connectivity index is 1.59. The third kappa shape index (κ3) is 4.54. The molecule has 2 fully saturated rings. The molecule has 1 saturated carbocycles. The van der Waals surface area contributed by atoms with Gasteiger partial charge in [-0.05, 0) is 38.0 Å². The van der Waals surface area contributed by atoms with Gasteiger partial charge in [0.1, 0.15) is 0 Å². The van der Waals surface area contributed by atoms with Crippen LogP contribution in [0.25, 0.3) is 17.2 Å². The van der Waals surface area contributed by atoms with E-state index in [1.807, 2.05) is 17.0 Å². The van der Waals surface area contributed by atoms with Crippen molar-refractivity contribution in [2.45, 2.75) is 38.1 Å². The minimum atomic E-state index is 0.0860. The van der Waals surface area contributed by atoms with Crippen LogP contribution in [0.5, 0.6) is 0 Å². The molecule has 2 N–H and O–H groups in total. The highest BCUT2D eigenvalue weighted by Crippen LogP contribution is 2.45. The Morgan fingerprint density at radius 2 is 2.16 bits per heavy atom. The zero-order chi connectivity index (χ0) is 22.0. The van der Waals surface area contributed by atoms with E-state index in [1.54, 1.807) is 19.4 Å². The molecule has 0 unspecified atom stereocenters. The number of anilines is 2. The molecular formula is C23H30N6O2. The van der Waals surface area contributed by atoms with Crippen LogP contribution in [0.15, 0.2) is 24.9 Å². The van der Waals surface area contributed by atoms with Gasteiger partial charge < -0.3 is 20.3 Å². The number of hydrogen-bond acceptors (Lipinski definition) is 7. The van der Waals surface area contributed by atoms with Crippen molar-refractivity contribution in [3.63, 3.8) is 0 Å². The van der Waals surface area contributed by atoms with Gasteiger partial charge in [-0.15, -0.1) is 0 Å². The highest BCUT2D eigenvalue weighted by molar-refractivity contribution is 5.78. The topological polar surface area (TPSA) is 97.5 Å². The highest BCUT2D eigenvalue weighted by Gasteiger charge is 2.32. The fraction of sp³-hybridized carbons (Fsp3) is 0.478. The SMILES string of the molecule is C=Cc1cc(-c2cc(N)c(N3CCN(C(=O)CCOC)[C@H](C)C3)nc2C2CC2)cnn1. The molecule has 164 valence electrons. The van der Waals surface area contributed by atoms with Crippen LogP contribution in [0.2, 0.25) is 0 Å². The fourth-order valence-electron chi connectivity index (χ4n) is 4.17. The molecule has 1 amide bonds. The predicted octanol–water partition coefficient (Wildman–Crippen LogP) is 2.71. The van der Waals surface area contributed by atoms with E-state index in [4.69, 9.17) is 15.5 Å². The summed E-state index contributed by atoms with van der Waals surface area (Å²) in [6.07, 6.45) is 6.12. The third-order valence-electron chi connectivity index (χ3n) is 5.99. The van der Waals surface area contributed by atoms with Gasteiger partial charge in [-0.25, -0.2) is 4.98 Å². The van der Waals surface area contributed by atoms with Gasteiger partial charge in [-0.3, -0.25) is 4.79 Å². The molecule has 0 spiro atoms. The second-order valence-electron chi connectivity index (χ2n) is 8.31. The van der Waals surface area contributed by atoms with E-state index in [0.29, 0.717) is 44.3 Å². The van der Waals surface area contributed by atoms with Crippen molar-refractivity contribution in [1.29, 1.82) is 0 Å². The lowest BCUT2D eigenvalue weighted by Gasteiger charge is -2.41. The van der Waals surface area contributed by atoms with Crippen LogP contribution in [-0.2, 0) is 9.53 Å². The van der Waals surface area contributed by atoms with Crippen LogP contribution in [0.3, 0.4) is 0 Å². The number of carbonyl (C=O) groups excluding carboxylic acids is 1. The molecule has 1 saturated heterocycles. The van der Waals surface area contributed by atoms with Crippen LogP contribution in [0, 0.1) is 0 Å². The van der Waals surface area contributed by atoms with Crippen molar-refractivity contribution in [3.05, 3.63) is 36.3 Å². The molecule has 2 aromatic rings. The average molecular weight is 423 g/mol. The number of carbonyl (C=O) groups is 1. The third-order valence-corrected chi connectivity index (χ3v) is 5.99. The van der Waals surface area contributed by atoms with Crippen molar-refractivity contribution >= 4 is 23.5 Å². The summed E-state index contributed by atoms with van der Waals surface area (Å²) in [7, 11) is 1.62. The van der Waals surface area contributed by atoms with Crippen LogP contribution in [0.1, 0.15) is 43.5 Å². The number of nitrogens with two attached hydrogens (primary N) is 1. The highest BCUT2D eigenvalue weighted by atomic mass is 16.5. The normalized spacial score (nSPS) is 18.8. The molecule has 1 aliphatic heterocycles. The van der Waals surface area contributed by atoms with Crippen molar-refractivity contribution < 1.29 is 9.53 Å². The zero-order valence-electron chi connectivity index (χ0n) is 18.3. The Bertz CT molecular complexity index is 975. The van der Waals surface area contributed by atoms with Gasteiger partial charge in [0.05, 0.1) is 36.3 Å². The number of piperazine rings is 1. The standard InChI is InChI=1S/C23H30N6O2/c1-4-18-11-17(13-25-27-18)19-12-20(24)23(26-22(19)16-5-6-16)28-8-9-29(15(2)14-28)21(30)7-10-31-3/h4,11-13,15-16H,1,5-10,14,24H2,2-3H3/t15-/m1/s1. The summed E-state index contributed by atoms with van der Waals surface area (Å²) in [6, 6.07) is 4.07. The van der Waals surface area contributed by atoms with E-state index >= 15 is 0 Å². The smallest absolute Gasteiger partial charge is 0.225 e. The first-order chi connectivity index (χ1) is 15.0. The Kier molecular flexibility index (Phi) is 6.18. The molecule has 31 heavy (non-hydrogen) atoms. The first kappa shape index (κ1) is 21.2. The van der Waals surface area contributed by atoms with Crippen LogP contribution < -0.4 is 10.6 Å². The van der Waals surface area contributed by atoms with Crippen molar-refractivity contribution in [2.75, 3.05) is 44.0 Å². The van der Waals surface area contributed by atoms with Crippen molar-refractivity contribution in [3.8, 4) is 11.1 Å². The van der Waals surface area contributed by atoms with Gasteiger partial charge in [-0.2, -0.15) is 10.2 Å². The molecule has 1 aliphatic carbocycles. The lowest BCUT2D eigenvalue weighted by molar-refractivity contribution is -0.134. The van der Waals surface area contributed by atoms with Crippen molar-refractivity contribution in [1.82, 2.24) is 20.1 Å².